The van der Waals surface area contributed by atoms with Gasteiger partial charge >= 0.3 is 0 Å². The molecule has 2 atom stereocenters. The summed E-state index contributed by atoms with van der Waals surface area (Å²) in [6.07, 6.45) is 6.97. The lowest BCUT2D eigenvalue weighted by molar-refractivity contribution is -0.119. The summed E-state index contributed by atoms with van der Waals surface area (Å²) in [6.45, 7) is 5.41. The van der Waals surface area contributed by atoms with Crippen LogP contribution in [-0.4, -0.2) is 53.0 Å². The van der Waals surface area contributed by atoms with E-state index in [2.05, 4.69) is 26.7 Å². The zero-order valence-corrected chi connectivity index (χ0v) is 14.2. The van der Waals surface area contributed by atoms with Gasteiger partial charge in [-0.1, -0.05) is 0 Å². The Kier molecular flexibility index (Phi) is 5.28. The number of hydrogen-bond donors (Lipinski definition) is 1. The normalized spacial score (nSPS) is 26.5. The predicted molar refractivity (Wildman–Crippen MR) is 89.9 cm³/mol. The van der Waals surface area contributed by atoms with Crippen molar-refractivity contribution in [3.8, 4) is 0 Å². The van der Waals surface area contributed by atoms with E-state index in [0.717, 1.165) is 45.3 Å². The summed E-state index contributed by atoms with van der Waals surface area (Å²) >= 11 is 0. The van der Waals surface area contributed by atoms with Crippen LogP contribution in [0.3, 0.4) is 0 Å². The van der Waals surface area contributed by atoms with Crippen molar-refractivity contribution < 1.29 is 9.18 Å². The Morgan fingerprint density at radius 3 is 2.42 bits per heavy atom. The molecule has 1 amide bonds. The number of nitrogens with two attached hydrogens (primary N) is 1. The first-order valence-electron chi connectivity index (χ1n) is 8.77. The largest absolute Gasteiger partial charge is 0.369 e. The average molecular weight is 335 g/mol. The SMILES string of the molecule is CC1CC(C2CCN(CC(N)=O)CC2)CCN1c1ncc(F)cn1. The Bertz CT molecular complexity index is 559. The number of rotatable bonds is 4. The predicted octanol–water partition coefficient (Wildman–Crippen LogP) is 1.42. The van der Waals surface area contributed by atoms with E-state index in [1.54, 1.807) is 0 Å². The number of hydrogen-bond acceptors (Lipinski definition) is 5. The van der Waals surface area contributed by atoms with E-state index in [0.29, 0.717) is 30.4 Å². The lowest BCUT2D eigenvalue weighted by atomic mass is 9.77. The number of piperidine rings is 2. The standard InChI is InChI=1S/C17H26FN5O/c1-12-8-14(13-2-5-22(6-3-13)11-16(19)24)4-7-23(12)17-20-9-15(18)10-21-17/h9-10,12-14H,2-8,11H2,1H3,(H2,19,24). The van der Waals surface area contributed by atoms with Crippen LogP contribution in [0.1, 0.15) is 32.6 Å². The molecule has 2 unspecified atom stereocenters. The van der Waals surface area contributed by atoms with E-state index in [1.807, 2.05) is 0 Å². The minimum absolute atomic E-state index is 0.241. The zero-order valence-electron chi connectivity index (χ0n) is 14.2. The van der Waals surface area contributed by atoms with Crippen LogP contribution in [-0.2, 0) is 4.79 Å². The number of primary amides is 1. The smallest absolute Gasteiger partial charge is 0.231 e. The summed E-state index contributed by atoms with van der Waals surface area (Å²) in [5.41, 5.74) is 5.28. The number of carbonyl (C=O) groups is 1. The van der Waals surface area contributed by atoms with E-state index in [9.17, 15) is 9.18 Å². The molecule has 6 nitrogen and oxygen atoms in total. The van der Waals surface area contributed by atoms with Crippen LogP contribution in [0.5, 0.6) is 0 Å². The molecule has 2 fully saturated rings. The monoisotopic (exact) mass is 335 g/mol. The molecule has 3 heterocycles. The molecule has 1 aromatic rings. The maximum Gasteiger partial charge on any atom is 0.231 e. The molecule has 2 aliphatic rings. The fraction of sp³-hybridized carbons (Fsp3) is 0.706. The molecule has 7 heteroatoms. The van der Waals surface area contributed by atoms with Gasteiger partial charge in [0.15, 0.2) is 5.82 Å². The Morgan fingerprint density at radius 2 is 1.83 bits per heavy atom. The second kappa shape index (κ2) is 7.42. The van der Waals surface area contributed by atoms with E-state index < -0.39 is 5.82 Å². The molecule has 24 heavy (non-hydrogen) atoms. The fourth-order valence-corrected chi connectivity index (χ4v) is 4.19. The first-order chi connectivity index (χ1) is 11.5. The van der Waals surface area contributed by atoms with Gasteiger partial charge in [0.25, 0.3) is 0 Å². The van der Waals surface area contributed by atoms with E-state index in [4.69, 9.17) is 5.73 Å². The number of halogens is 1. The van der Waals surface area contributed by atoms with Gasteiger partial charge < -0.3 is 10.6 Å². The summed E-state index contributed by atoms with van der Waals surface area (Å²) < 4.78 is 13.0. The van der Waals surface area contributed by atoms with Gasteiger partial charge in [-0.05, 0) is 57.5 Å². The molecule has 0 bridgehead atoms. The second-order valence-corrected chi connectivity index (χ2v) is 7.11. The van der Waals surface area contributed by atoms with E-state index in [-0.39, 0.29) is 5.91 Å². The zero-order chi connectivity index (χ0) is 17.1. The Morgan fingerprint density at radius 1 is 1.21 bits per heavy atom. The van der Waals surface area contributed by atoms with E-state index in [1.165, 1.54) is 12.4 Å². The molecule has 1 aromatic heterocycles. The van der Waals surface area contributed by atoms with Gasteiger partial charge in [0.2, 0.25) is 11.9 Å². The summed E-state index contributed by atoms with van der Waals surface area (Å²) in [6, 6.07) is 0.359. The highest BCUT2D eigenvalue weighted by Gasteiger charge is 2.33. The van der Waals surface area contributed by atoms with Gasteiger partial charge in [0.05, 0.1) is 18.9 Å². The maximum absolute atomic E-state index is 13.0. The second-order valence-electron chi connectivity index (χ2n) is 7.11. The molecule has 132 valence electrons. The number of carbonyl (C=O) groups excluding carboxylic acids is 1. The first-order valence-corrected chi connectivity index (χ1v) is 8.77. The molecule has 0 aliphatic carbocycles. The highest BCUT2D eigenvalue weighted by molar-refractivity contribution is 5.75. The molecule has 0 spiro atoms. The van der Waals surface area contributed by atoms with Crippen LogP contribution >= 0.6 is 0 Å². The van der Waals surface area contributed by atoms with Crippen LogP contribution in [0.2, 0.25) is 0 Å². The molecule has 0 aromatic carbocycles. The first kappa shape index (κ1) is 17.1. The summed E-state index contributed by atoms with van der Waals surface area (Å²) in [7, 11) is 0. The number of anilines is 1. The topological polar surface area (TPSA) is 75.3 Å². The summed E-state index contributed by atoms with van der Waals surface area (Å²) in [5.74, 6) is 1.40. The van der Waals surface area contributed by atoms with Gasteiger partial charge in [-0.25, -0.2) is 14.4 Å². The third kappa shape index (κ3) is 4.01. The minimum atomic E-state index is -0.399. The highest BCUT2D eigenvalue weighted by Crippen LogP contribution is 2.35. The summed E-state index contributed by atoms with van der Waals surface area (Å²) in [5, 5.41) is 0. The van der Waals surface area contributed by atoms with Crippen molar-refractivity contribution in [1.82, 2.24) is 14.9 Å². The third-order valence-corrected chi connectivity index (χ3v) is 5.46. The molecule has 0 saturated carbocycles. The van der Waals surface area contributed by atoms with Gasteiger partial charge in [-0.15, -0.1) is 0 Å². The highest BCUT2D eigenvalue weighted by atomic mass is 19.1. The number of aromatic nitrogens is 2. The Labute approximate surface area is 142 Å². The summed E-state index contributed by atoms with van der Waals surface area (Å²) in [4.78, 5) is 23.6. The van der Waals surface area contributed by atoms with Crippen molar-refractivity contribution in [2.75, 3.05) is 31.1 Å². The number of likely N-dealkylation sites (tertiary alicyclic amines) is 1. The maximum atomic E-state index is 13.0. The Balaban J connectivity index is 1.52. The molecule has 2 aliphatic heterocycles. The lowest BCUT2D eigenvalue weighted by Crippen LogP contribution is -2.46. The molecule has 0 radical (unpaired) electrons. The van der Waals surface area contributed by atoms with E-state index >= 15 is 0 Å². The quantitative estimate of drug-likeness (QED) is 0.901. The molecular weight excluding hydrogens is 309 g/mol. The molecule has 2 saturated heterocycles. The van der Waals surface area contributed by atoms with Crippen molar-refractivity contribution in [1.29, 1.82) is 0 Å². The van der Waals surface area contributed by atoms with Crippen LogP contribution in [0, 0.1) is 17.7 Å². The number of nitrogens with zero attached hydrogens (tertiary/aromatic N) is 4. The van der Waals surface area contributed by atoms with Crippen LogP contribution in [0.15, 0.2) is 12.4 Å². The van der Waals surface area contributed by atoms with Gasteiger partial charge in [0.1, 0.15) is 0 Å². The lowest BCUT2D eigenvalue weighted by Gasteiger charge is -2.43. The van der Waals surface area contributed by atoms with Crippen molar-refractivity contribution >= 4 is 11.9 Å². The van der Waals surface area contributed by atoms with Crippen molar-refractivity contribution in [3.63, 3.8) is 0 Å². The minimum Gasteiger partial charge on any atom is -0.369 e. The molecular formula is C17H26FN5O. The van der Waals surface area contributed by atoms with Crippen LogP contribution in [0.4, 0.5) is 10.3 Å². The van der Waals surface area contributed by atoms with Crippen molar-refractivity contribution in [2.45, 2.75) is 38.6 Å². The number of amides is 1. The van der Waals surface area contributed by atoms with Gasteiger partial charge in [-0.2, -0.15) is 0 Å². The molecule has 3 rings (SSSR count). The van der Waals surface area contributed by atoms with Crippen molar-refractivity contribution in [2.24, 2.45) is 17.6 Å². The van der Waals surface area contributed by atoms with Crippen molar-refractivity contribution in [3.05, 3.63) is 18.2 Å². The fourth-order valence-electron chi connectivity index (χ4n) is 4.19. The average Bonchev–Trinajstić information content (AvgIpc) is 2.56. The Hall–Kier alpha value is -1.76. The molecule has 2 N–H and O–H groups in total. The van der Waals surface area contributed by atoms with Crippen LogP contribution < -0.4 is 10.6 Å². The third-order valence-electron chi connectivity index (χ3n) is 5.46. The van der Waals surface area contributed by atoms with Crippen LogP contribution in [0.25, 0.3) is 0 Å². The van der Waals surface area contributed by atoms with Gasteiger partial charge in [-0.3, -0.25) is 9.69 Å². The van der Waals surface area contributed by atoms with Gasteiger partial charge in [0, 0.05) is 12.6 Å².